The Balaban J connectivity index is 2.05. The van der Waals surface area contributed by atoms with Crippen LogP contribution in [0, 0.1) is 5.92 Å². The summed E-state index contributed by atoms with van der Waals surface area (Å²) in [6.07, 6.45) is 5.66. The lowest BCUT2D eigenvalue weighted by molar-refractivity contribution is 0.0277. The minimum absolute atomic E-state index is 0.113. The molecule has 6 nitrogen and oxygen atoms in total. The first-order chi connectivity index (χ1) is 9.46. The Labute approximate surface area is 120 Å². The van der Waals surface area contributed by atoms with Gasteiger partial charge in [0.05, 0.1) is 12.3 Å². The summed E-state index contributed by atoms with van der Waals surface area (Å²) in [6.45, 7) is 4.68. The highest BCUT2D eigenvalue weighted by Gasteiger charge is 2.35. The van der Waals surface area contributed by atoms with Gasteiger partial charge < -0.3 is 5.11 Å². The molecule has 0 bridgehead atoms. The van der Waals surface area contributed by atoms with Gasteiger partial charge in [-0.15, -0.1) is 0 Å². The van der Waals surface area contributed by atoms with Crippen molar-refractivity contribution in [3.05, 3.63) is 12.4 Å². The molecule has 1 unspecified atom stereocenters. The van der Waals surface area contributed by atoms with Crippen molar-refractivity contribution >= 4 is 10.0 Å². The number of nitrogens with one attached hydrogen (secondary N) is 1. The SMILES string of the molecule is CCCn1cc(S(=O)(=O)NC(CC)C2CC(O)C2)cn1. The monoisotopic (exact) mass is 301 g/mol. The molecule has 1 saturated carbocycles. The summed E-state index contributed by atoms with van der Waals surface area (Å²) >= 11 is 0. The lowest BCUT2D eigenvalue weighted by atomic mass is 9.77. The molecule has 0 aromatic carbocycles. The minimum atomic E-state index is -3.52. The summed E-state index contributed by atoms with van der Waals surface area (Å²) in [5, 5.41) is 13.4. The fourth-order valence-corrected chi connectivity index (χ4v) is 3.91. The molecule has 7 heteroatoms. The van der Waals surface area contributed by atoms with E-state index in [-0.39, 0.29) is 23.0 Å². The molecule has 2 rings (SSSR count). The molecule has 1 aromatic heterocycles. The smallest absolute Gasteiger partial charge is 0.243 e. The predicted molar refractivity (Wildman–Crippen MR) is 75.6 cm³/mol. The van der Waals surface area contributed by atoms with E-state index in [1.54, 1.807) is 10.9 Å². The van der Waals surface area contributed by atoms with Gasteiger partial charge in [0.2, 0.25) is 10.0 Å². The molecule has 114 valence electrons. The molecule has 20 heavy (non-hydrogen) atoms. The molecule has 1 aliphatic rings. The van der Waals surface area contributed by atoms with Crippen LogP contribution in [0.5, 0.6) is 0 Å². The Morgan fingerprint density at radius 2 is 2.20 bits per heavy atom. The number of aromatic nitrogens is 2. The van der Waals surface area contributed by atoms with Gasteiger partial charge in [0, 0.05) is 18.8 Å². The summed E-state index contributed by atoms with van der Waals surface area (Å²) in [6, 6.07) is -0.113. The minimum Gasteiger partial charge on any atom is -0.393 e. The van der Waals surface area contributed by atoms with Crippen molar-refractivity contribution in [2.24, 2.45) is 5.92 Å². The zero-order valence-electron chi connectivity index (χ0n) is 12.0. The van der Waals surface area contributed by atoms with Gasteiger partial charge in [-0.05, 0) is 31.6 Å². The number of aryl methyl sites for hydroxylation is 1. The number of nitrogens with zero attached hydrogens (tertiary/aromatic N) is 2. The van der Waals surface area contributed by atoms with Crippen LogP contribution >= 0.6 is 0 Å². The number of sulfonamides is 1. The fraction of sp³-hybridized carbons (Fsp3) is 0.769. The second-order valence-electron chi connectivity index (χ2n) is 5.46. The largest absolute Gasteiger partial charge is 0.393 e. The Morgan fingerprint density at radius 3 is 2.75 bits per heavy atom. The molecular formula is C13H23N3O3S. The van der Waals surface area contributed by atoms with Gasteiger partial charge in [-0.2, -0.15) is 5.10 Å². The van der Waals surface area contributed by atoms with Crippen molar-refractivity contribution in [1.82, 2.24) is 14.5 Å². The third-order valence-electron chi connectivity index (χ3n) is 3.84. The standard InChI is InChI=1S/C13H23N3O3S/c1-3-5-16-9-12(8-14-16)20(18,19)15-13(4-2)10-6-11(17)7-10/h8-11,13,15,17H,3-7H2,1-2H3. The van der Waals surface area contributed by atoms with Crippen LogP contribution in [0.2, 0.25) is 0 Å². The molecule has 1 heterocycles. The molecule has 0 radical (unpaired) electrons. The first kappa shape index (κ1) is 15.5. The number of aliphatic hydroxyl groups is 1. The van der Waals surface area contributed by atoms with E-state index < -0.39 is 10.0 Å². The van der Waals surface area contributed by atoms with Crippen molar-refractivity contribution in [2.75, 3.05) is 0 Å². The maximum absolute atomic E-state index is 12.3. The Bertz CT molecular complexity index is 535. The Hall–Kier alpha value is -0.920. The average molecular weight is 301 g/mol. The molecule has 1 aliphatic carbocycles. The van der Waals surface area contributed by atoms with Crippen LogP contribution in [0.25, 0.3) is 0 Å². The zero-order chi connectivity index (χ0) is 14.8. The van der Waals surface area contributed by atoms with Crippen LogP contribution in [0.4, 0.5) is 0 Å². The first-order valence-corrected chi connectivity index (χ1v) is 8.67. The predicted octanol–water partition coefficient (Wildman–Crippen LogP) is 1.12. The zero-order valence-corrected chi connectivity index (χ0v) is 12.8. The molecule has 1 fully saturated rings. The van der Waals surface area contributed by atoms with Crippen molar-refractivity contribution in [3.8, 4) is 0 Å². The van der Waals surface area contributed by atoms with Crippen molar-refractivity contribution in [1.29, 1.82) is 0 Å². The van der Waals surface area contributed by atoms with E-state index in [0.717, 1.165) is 12.8 Å². The normalized spacial score (nSPS) is 24.4. The van der Waals surface area contributed by atoms with Crippen molar-refractivity contribution in [2.45, 2.75) is 63.1 Å². The number of aliphatic hydroxyl groups excluding tert-OH is 1. The van der Waals surface area contributed by atoms with Gasteiger partial charge in [-0.25, -0.2) is 13.1 Å². The maximum Gasteiger partial charge on any atom is 0.243 e. The summed E-state index contributed by atoms with van der Waals surface area (Å²) in [5.74, 6) is 0.232. The van der Waals surface area contributed by atoms with E-state index >= 15 is 0 Å². The third kappa shape index (κ3) is 3.39. The second kappa shape index (κ2) is 6.24. The molecule has 0 spiro atoms. The Kier molecular flexibility index (Phi) is 4.82. The van der Waals surface area contributed by atoms with Gasteiger partial charge in [0.25, 0.3) is 0 Å². The maximum atomic E-state index is 12.3. The summed E-state index contributed by atoms with van der Waals surface area (Å²) in [7, 11) is -3.52. The number of rotatable bonds is 7. The van der Waals surface area contributed by atoms with E-state index in [1.807, 2.05) is 13.8 Å². The Morgan fingerprint density at radius 1 is 1.50 bits per heavy atom. The molecule has 1 aromatic rings. The number of hydrogen-bond donors (Lipinski definition) is 2. The van der Waals surface area contributed by atoms with E-state index in [4.69, 9.17) is 0 Å². The quantitative estimate of drug-likeness (QED) is 0.790. The van der Waals surface area contributed by atoms with Crippen molar-refractivity contribution < 1.29 is 13.5 Å². The van der Waals surface area contributed by atoms with Gasteiger partial charge in [0.15, 0.2) is 0 Å². The summed E-state index contributed by atoms with van der Waals surface area (Å²) in [4.78, 5) is 0.212. The molecular weight excluding hydrogens is 278 g/mol. The molecule has 0 saturated heterocycles. The molecule has 0 amide bonds. The first-order valence-electron chi connectivity index (χ1n) is 7.19. The van der Waals surface area contributed by atoms with Gasteiger partial charge in [-0.3, -0.25) is 4.68 Å². The van der Waals surface area contributed by atoms with E-state index in [1.165, 1.54) is 6.20 Å². The van der Waals surface area contributed by atoms with Crippen LogP contribution in [-0.2, 0) is 16.6 Å². The highest BCUT2D eigenvalue weighted by atomic mass is 32.2. The van der Waals surface area contributed by atoms with Gasteiger partial charge in [0.1, 0.15) is 4.90 Å². The molecule has 0 aliphatic heterocycles. The third-order valence-corrected chi connectivity index (χ3v) is 5.28. The number of hydrogen-bond acceptors (Lipinski definition) is 4. The van der Waals surface area contributed by atoms with Gasteiger partial charge >= 0.3 is 0 Å². The second-order valence-corrected chi connectivity index (χ2v) is 7.17. The van der Waals surface area contributed by atoms with Crippen LogP contribution in [0.1, 0.15) is 39.5 Å². The molecule has 2 N–H and O–H groups in total. The lowest BCUT2D eigenvalue weighted by Gasteiger charge is -2.37. The summed E-state index contributed by atoms with van der Waals surface area (Å²) in [5.41, 5.74) is 0. The van der Waals surface area contributed by atoms with E-state index in [9.17, 15) is 13.5 Å². The van der Waals surface area contributed by atoms with Gasteiger partial charge in [-0.1, -0.05) is 13.8 Å². The van der Waals surface area contributed by atoms with Crippen LogP contribution in [0.15, 0.2) is 17.3 Å². The highest BCUT2D eigenvalue weighted by Crippen LogP contribution is 2.32. The lowest BCUT2D eigenvalue weighted by Crippen LogP contribution is -2.46. The topological polar surface area (TPSA) is 84.2 Å². The average Bonchev–Trinajstić information content (AvgIpc) is 2.82. The van der Waals surface area contributed by atoms with Crippen molar-refractivity contribution in [3.63, 3.8) is 0 Å². The van der Waals surface area contributed by atoms with E-state index in [2.05, 4.69) is 9.82 Å². The van der Waals surface area contributed by atoms with E-state index in [0.29, 0.717) is 19.4 Å². The molecule has 1 atom stereocenters. The fourth-order valence-electron chi connectivity index (χ4n) is 2.57. The highest BCUT2D eigenvalue weighted by molar-refractivity contribution is 7.89. The van der Waals surface area contributed by atoms with Crippen LogP contribution in [-0.4, -0.2) is 35.5 Å². The van der Waals surface area contributed by atoms with Crippen LogP contribution in [0.3, 0.4) is 0 Å². The van der Waals surface area contributed by atoms with Crippen LogP contribution < -0.4 is 4.72 Å². The summed E-state index contributed by atoms with van der Waals surface area (Å²) < 4.78 is 29.0.